The van der Waals surface area contributed by atoms with Crippen LogP contribution in [-0.4, -0.2) is 44.8 Å². The van der Waals surface area contributed by atoms with Gasteiger partial charge in [0, 0.05) is 19.3 Å². The molecule has 3 rings (SSSR count). The summed E-state index contributed by atoms with van der Waals surface area (Å²) in [6.45, 7) is 5.73. The number of hydrogen-bond donors (Lipinski definition) is 2. The number of rotatable bonds is 4. The minimum atomic E-state index is -4.51. The summed E-state index contributed by atoms with van der Waals surface area (Å²) in [6, 6.07) is 0.126. The Morgan fingerprint density at radius 2 is 2.04 bits per heavy atom. The van der Waals surface area contributed by atoms with E-state index < -0.39 is 11.7 Å². The highest BCUT2D eigenvalue weighted by Gasteiger charge is 2.35. The number of aromatic nitrogens is 4. The van der Waals surface area contributed by atoms with Crippen molar-refractivity contribution in [1.29, 1.82) is 0 Å². The molecule has 7 nitrogen and oxygen atoms in total. The van der Waals surface area contributed by atoms with Crippen molar-refractivity contribution >= 4 is 17.5 Å². The molecule has 2 aromatic heterocycles. The van der Waals surface area contributed by atoms with Gasteiger partial charge in [0.15, 0.2) is 0 Å². The van der Waals surface area contributed by atoms with E-state index in [4.69, 9.17) is 0 Å². The van der Waals surface area contributed by atoms with Gasteiger partial charge in [-0.3, -0.25) is 9.58 Å². The number of anilines is 3. The van der Waals surface area contributed by atoms with Crippen LogP contribution in [0.2, 0.25) is 0 Å². The third kappa shape index (κ3) is 3.39. The molecule has 10 heteroatoms. The van der Waals surface area contributed by atoms with Crippen molar-refractivity contribution in [1.82, 2.24) is 24.6 Å². The second kappa shape index (κ2) is 6.51. The second-order valence-corrected chi connectivity index (χ2v) is 5.93. The van der Waals surface area contributed by atoms with Crippen LogP contribution in [-0.2, 0) is 12.7 Å². The monoisotopic (exact) mass is 355 g/mol. The van der Waals surface area contributed by atoms with Gasteiger partial charge in [0.2, 0.25) is 5.95 Å². The fourth-order valence-corrected chi connectivity index (χ4v) is 2.84. The minimum absolute atomic E-state index is 0.0974. The molecule has 1 unspecified atom stereocenters. The van der Waals surface area contributed by atoms with Crippen molar-refractivity contribution < 1.29 is 13.2 Å². The first-order valence-electron chi connectivity index (χ1n) is 8.02. The maximum absolute atomic E-state index is 13.0. The zero-order valence-electron chi connectivity index (χ0n) is 14.2. The van der Waals surface area contributed by atoms with Crippen LogP contribution in [0.15, 0.2) is 12.4 Å². The molecule has 1 aliphatic heterocycles. The van der Waals surface area contributed by atoms with Crippen LogP contribution in [0, 0.1) is 0 Å². The Morgan fingerprint density at radius 1 is 1.28 bits per heavy atom. The molecule has 2 aromatic rings. The average molecular weight is 355 g/mol. The molecule has 136 valence electrons. The average Bonchev–Trinajstić information content (AvgIpc) is 2.94. The molecule has 1 aliphatic rings. The fraction of sp³-hybridized carbons (Fsp3) is 0.533. The van der Waals surface area contributed by atoms with Crippen LogP contribution in [0.25, 0.3) is 0 Å². The summed E-state index contributed by atoms with van der Waals surface area (Å²) < 4.78 is 41.0. The Balaban J connectivity index is 1.92. The number of hydrogen-bond acceptors (Lipinski definition) is 6. The van der Waals surface area contributed by atoms with E-state index in [1.165, 1.54) is 0 Å². The molecule has 0 radical (unpaired) electrons. The Kier molecular flexibility index (Phi) is 4.55. The lowest BCUT2D eigenvalue weighted by atomic mass is 10.1. The summed E-state index contributed by atoms with van der Waals surface area (Å²) in [6.07, 6.45) is -2.07. The standard InChI is InChI=1S/C15H20F3N7/c1-4-19-13-10(15(16,17)18)7-20-14(23-13)22-11-8-21-25-6-5-24(3)9(2)12(11)25/h7-9H,4-6H2,1-3H3,(H2,19,20,22,23). The van der Waals surface area contributed by atoms with E-state index in [-0.39, 0.29) is 17.8 Å². The second-order valence-electron chi connectivity index (χ2n) is 5.93. The van der Waals surface area contributed by atoms with Gasteiger partial charge < -0.3 is 10.6 Å². The van der Waals surface area contributed by atoms with Gasteiger partial charge in [0.05, 0.1) is 30.2 Å². The number of likely N-dealkylation sites (N-methyl/N-ethyl adjacent to an activating group) is 1. The number of nitrogens with zero attached hydrogens (tertiary/aromatic N) is 5. The van der Waals surface area contributed by atoms with Gasteiger partial charge in [-0.25, -0.2) is 4.98 Å². The van der Waals surface area contributed by atoms with Crippen molar-refractivity contribution in [2.24, 2.45) is 0 Å². The molecule has 0 bridgehead atoms. The van der Waals surface area contributed by atoms with Crippen LogP contribution in [0.5, 0.6) is 0 Å². The SMILES string of the molecule is CCNc1nc(Nc2cnn3c2C(C)N(C)CC3)ncc1C(F)(F)F. The quantitative estimate of drug-likeness (QED) is 0.879. The number of halogens is 3. The lowest BCUT2D eigenvalue weighted by molar-refractivity contribution is -0.137. The van der Waals surface area contributed by atoms with Gasteiger partial charge in [-0.15, -0.1) is 0 Å². The molecule has 2 N–H and O–H groups in total. The molecule has 0 aliphatic carbocycles. The molecule has 0 amide bonds. The number of fused-ring (bicyclic) bond motifs is 1. The van der Waals surface area contributed by atoms with Crippen LogP contribution in [0.4, 0.5) is 30.6 Å². The predicted octanol–water partition coefficient (Wildman–Crippen LogP) is 2.87. The summed E-state index contributed by atoms with van der Waals surface area (Å²) >= 11 is 0. The summed E-state index contributed by atoms with van der Waals surface area (Å²) in [5.41, 5.74) is 0.772. The first-order chi connectivity index (χ1) is 11.8. The van der Waals surface area contributed by atoms with Crippen molar-refractivity contribution in [3.63, 3.8) is 0 Å². The Hall–Kier alpha value is -2.36. The highest BCUT2D eigenvalue weighted by atomic mass is 19.4. The van der Waals surface area contributed by atoms with E-state index in [1.807, 2.05) is 11.7 Å². The molecular formula is C15H20F3N7. The third-order valence-corrected chi connectivity index (χ3v) is 4.29. The molecule has 0 saturated heterocycles. The van der Waals surface area contributed by atoms with Gasteiger partial charge in [-0.1, -0.05) is 0 Å². The number of alkyl halides is 3. The Labute approximate surface area is 143 Å². The fourth-order valence-electron chi connectivity index (χ4n) is 2.84. The maximum Gasteiger partial charge on any atom is 0.421 e. The molecular weight excluding hydrogens is 335 g/mol. The summed E-state index contributed by atoms with van der Waals surface area (Å²) in [7, 11) is 2.02. The third-order valence-electron chi connectivity index (χ3n) is 4.29. The lowest BCUT2D eigenvalue weighted by Gasteiger charge is -2.31. The molecule has 25 heavy (non-hydrogen) atoms. The highest BCUT2D eigenvalue weighted by molar-refractivity contribution is 5.59. The molecule has 0 spiro atoms. The van der Waals surface area contributed by atoms with Gasteiger partial charge >= 0.3 is 6.18 Å². The maximum atomic E-state index is 13.0. The van der Waals surface area contributed by atoms with Gasteiger partial charge in [-0.05, 0) is 20.9 Å². The number of nitrogens with one attached hydrogen (secondary N) is 2. The Bertz CT molecular complexity index is 756. The van der Waals surface area contributed by atoms with E-state index in [9.17, 15) is 13.2 Å². The van der Waals surface area contributed by atoms with Crippen molar-refractivity contribution in [3.8, 4) is 0 Å². The Morgan fingerprint density at radius 3 is 2.72 bits per heavy atom. The van der Waals surface area contributed by atoms with Gasteiger partial charge in [-0.2, -0.15) is 23.3 Å². The molecule has 0 saturated carbocycles. The zero-order valence-corrected chi connectivity index (χ0v) is 14.2. The van der Waals surface area contributed by atoms with E-state index >= 15 is 0 Å². The van der Waals surface area contributed by atoms with E-state index in [0.717, 1.165) is 25.0 Å². The lowest BCUT2D eigenvalue weighted by Crippen LogP contribution is -2.34. The van der Waals surface area contributed by atoms with Crippen molar-refractivity contribution in [2.45, 2.75) is 32.6 Å². The predicted molar refractivity (Wildman–Crippen MR) is 87.8 cm³/mol. The normalized spacial score (nSPS) is 18.1. The first-order valence-corrected chi connectivity index (χ1v) is 8.02. The van der Waals surface area contributed by atoms with Gasteiger partial charge in [0.1, 0.15) is 11.4 Å². The van der Waals surface area contributed by atoms with E-state index in [0.29, 0.717) is 12.2 Å². The largest absolute Gasteiger partial charge is 0.421 e. The van der Waals surface area contributed by atoms with Gasteiger partial charge in [0.25, 0.3) is 0 Å². The van der Waals surface area contributed by atoms with Crippen molar-refractivity contribution in [2.75, 3.05) is 30.8 Å². The minimum Gasteiger partial charge on any atom is -0.370 e. The summed E-state index contributed by atoms with van der Waals surface area (Å²) in [4.78, 5) is 10.00. The van der Waals surface area contributed by atoms with Crippen LogP contribution in [0.3, 0.4) is 0 Å². The first kappa shape index (κ1) is 17.5. The molecule has 0 aromatic carbocycles. The summed E-state index contributed by atoms with van der Waals surface area (Å²) in [5.74, 6) is -0.140. The highest BCUT2D eigenvalue weighted by Crippen LogP contribution is 2.35. The smallest absolute Gasteiger partial charge is 0.370 e. The molecule has 1 atom stereocenters. The molecule has 0 fully saturated rings. The topological polar surface area (TPSA) is 70.9 Å². The molecule has 3 heterocycles. The van der Waals surface area contributed by atoms with E-state index in [1.54, 1.807) is 13.1 Å². The van der Waals surface area contributed by atoms with Crippen LogP contribution in [0.1, 0.15) is 31.1 Å². The van der Waals surface area contributed by atoms with Crippen LogP contribution < -0.4 is 10.6 Å². The summed E-state index contributed by atoms with van der Waals surface area (Å²) in [5, 5.41) is 9.97. The zero-order chi connectivity index (χ0) is 18.2. The van der Waals surface area contributed by atoms with Crippen LogP contribution >= 0.6 is 0 Å². The van der Waals surface area contributed by atoms with E-state index in [2.05, 4.69) is 37.5 Å². The van der Waals surface area contributed by atoms with Crippen molar-refractivity contribution in [3.05, 3.63) is 23.7 Å².